The Kier molecular flexibility index (Phi) is 6.17. The van der Waals surface area contributed by atoms with Crippen molar-refractivity contribution in [2.75, 3.05) is 26.9 Å². The fourth-order valence-electron chi connectivity index (χ4n) is 0.879. The average Bonchev–Trinajstić information content (AvgIpc) is 1.89. The number of nitrogens with two attached hydrogens (primary N) is 1. The highest BCUT2D eigenvalue weighted by atomic mass is 32.2. The number of hydrogen-bond donors (Lipinski definition) is 1. The van der Waals surface area contributed by atoms with Gasteiger partial charge in [0.1, 0.15) is 0 Å². The normalized spacial score (nSPS) is 14.1. The fourth-order valence-corrected chi connectivity index (χ4v) is 1.70. The van der Waals surface area contributed by atoms with Crippen LogP contribution in [-0.4, -0.2) is 37.2 Å². The zero-order chi connectivity index (χ0) is 7.98. The first-order valence-electron chi connectivity index (χ1n) is 3.61. The van der Waals surface area contributed by atoms with E-state index in [1.165, 1.54) is 6.42 Å². The first kappa shape index (κ1) is 10.3. The molecule has 1 unspecified atom stereocenters. The third kappa shape index (κ3) is 4.14. The van der Waals surface area contributed by atoms with E-state index in [0.717, 1.165) is 13.0 Å². The van der Waals surface area contributed by atoms with Crippen molar-refractivity contribution in [1.82, 2.24) is 4.90 Å². The highest BCUT2D eigenvalue weighted by Gasteiger charge is 2.06. The van der Waals surface area contributed by atoms with Gasteiger partial charge in [0.2, 0.25) is 0 Å². The summed E-state index contributed by atoms with van der Waals surface area (Å²) in [6.07, 6.45) is 4.47. The lowest BCUT2D eigenvalue weighted by Gasteiger charge is -2.21. The van der Waals surface area contributed by atoms with Crippen molar-refractivity contribution in [3.63, 3.8) is 0 Å². The Balaban J connectivity index is 3.40. The van der Waals surface area contributed by atoms with Gasteiger partial charge in [0.05, 0.1) is 5.37 Å². The molecule has 0 aromatic rings. The summed E-state index contributed by atoms with van der Waals surface area (Å²) in [5.74, 6) is 0. The Bertz CT molecular complexity index is 76.0. The standard InChI is InChI=1S/C7H18N2S/c1-9(2)7(10-3)5-4-6-8/h7H,4-6,8H2,1-3H3. The summed E-state index contributed by atoms with van der Waals surface area (Å²) in [5, 5.41) is 0.642. The van der Waals surface area contributed by atoms with Crippen molar-refractivity contribution < 1.29 is 0 Å². The minimum absolute atomic E-state index is 0.642. The van der Waals surface area contributed by atoms with E-state index in [9.17, 15) is 0 Å². The molecule has 0 aromatic heterocycles. The quantitative estimate of drug-likeness (QED) is 0.611. The van der Waals surface area contributed by atoms with Crippen LogP contribution in [0.4, 0.5) is 0 Å². The molecule has 10 heavy (non-hydrogen) atoms. The SMILES string of the molecule is CSC(CCCN)N(C)C. The summed E-state index contributed by atoms with van der Waals surface area (Å²) in [4.78, 5) is 2.24. The number of nitrogens with zero attached hydrogens (tertiary/aromatic N) is 1. The summed E-state index contributed by atoms with van der Waals surface area (Å²) < 4.78 is 0. The first-order chi connectivity index (χ1) is 4.72. The summed E-state index contributed by atoms with van der Waals surface area (Å²) in [6, 6.07) is 0. The predicted molar refractivity (Wildman–Crippen MR) is 49.3 cm³/mol. The van der Waals surface area contributed by atoms with E-state index in [2.05, 4.69) is 25.3 Å². The molecule has 0 saturated heterocycles. The lowest BCUT2D eigenvalue weighted by Crippen LogP contribution is -2.24. The van der Waals surface area contributed by atoms with Gasteiger partial charge < -0.3 is 5.73 Å². The Morgan fingerprint density at radius 2 is 2.10 bits per heavy atom. The highest BCUT2D eigenvalue weighted by molar-refractivity contribution is 7.99. The molecule has 0 aromatic carbocycles. The number of thioether (sulfide) groups is 1. The summed E-state index contributed by atoms with van der Waals surface area (Å²) in [5.41, 5.74) is 5.40. The maximum Gasteiger partial charge on any atom is 0.0549 e. The Hall–Kier alpha value is 0.270. The molecule has 1 atom stereocenters. The van der Waals surface area contributed by atoms with Crippen LogP contribution in [0.25, 0.3) is 0 Å². The Morgan fingerprint density at radius 3 is 2.40 bits per heavy atom. The average molecular weight is 162 g/mol. The molecule has 0 fully saturated rings. The van der Waals surface area contributed by atoms with Crippen LogP contribution in [0.3, 0.4) is 0 Å². The highest BCUT2D eigenvalue weighted by Crippen LogP contribution is 2.14. The molecule has 0 bridgehead atoms. The first-order valence-corrected chi connectivity index (χ1v) is 4.90. The molecular formula is C7H18N2S. The second-order valence-electron chi connectivity index (χ2n) is 2.58. The molecule has 0 radical (unpaired) electrons. The molecular weight excluding hydrogens is 144 g/mol. The van der Waals surface area contributed by atoms with Crippen LogP contribution in [0.1, 0.15) is 12.8 Å². The van der Waals surface area contributed by atoms with E-state index in [1.807, 2.05) is 11.8 Å². The molecule has 0 spiro atoms. The molecule has 0 aliphatic carbocycles. The molecule has 0 saturated carbocycles. The van der Waals surface area contributed by atoms with Gasteiger partial charge in [-0.3, -0.25) is 4.90 Å². The third-order valence-corrected chi connectivity index (χ3v) is 2.70. The van der Waals surface area contributed by atoms with Gasteiger partial charge in [0.15, 0.2) is 0 Å². The predicted octanol–water partition coefficient (Wildman–Crippen LogP) is 0.976. The topological polar surface area (TPSA) is 29.3 Å². The summed E-state index contributed by atoms with van der Waals surface area (Å²) in [6.45, 7) is 0.810. The van der Waals surface area contributed by atoms with Gasteiger partial charge in [-0.2, -0.15) is 0 Å². The smallest absolute Gasteiger partial charge is 0.0549 e. The monoisotopic (exact) mass is 162 g/mol. The second kappa shape index (κ2) is 6.01. The van der Waals surface area contributed by atoms with Gasteiger partial charge in [0, 0.05) is 0 Å². The van der Waals surface area contributed by atoms with Gasteiger partial charge >= 0.3 is 0 Å². The van der Waals surface area contributed by atoms with Gasteiger partial charge in [-0.05, 0) is 39.7 Å². The van der Waals surface area contributed by atoms with Crippen molar-refractivity contribution in [2.24, 2.45) is 5.73 Å². The third-order valence-electron chi connectivity index (χ3n) is 1.50. The largest absolute Gasteiger partial charge is 0.330 e. The molecule has 2 N–H and O–H groups in total. The van der Waals surface area contributed by atoms with Gasteiger partial charge in [-0.1, -0.05) is 0 Å². The van der Waals surface area contributed by atoms with E-state index >= 15 is 0 Å². The fraction of sp³-hybridized carbons (Fsp3) is 1.00. The lowest BCUT2D eigenvalue weighted by molar-refractivity contribution is 0.363. The number of hydrogen-bond acceptors (Lipinski definition) is 3. The van der Waals surface area contributed by atoms with E-state index in [1.54, 1.807) is 0 Å². The van der Waals surface area contributed by atoms with Gasteiger partial charge in [0.25, 0.3) is 0 Å². The van der Waals surface area contributed by atoms with Crippen LogP contribution in [0.2, 0.25) is 0 Å². The molecule has 2 nitrogen and oxygen atoms in total. The molecule has 0 heterocycles. The van der Waals surface area contributed by atoms with E-state index in [-0.39, 0.29) is 0 Å². The zero-order valence-electron chi connectivity index (χ0n) is 7.13. The van der Waals surface area contributed by atoms with E-state index in [4.69, 9.17) is 5.73 Å². The van der Waals surface area contributed by atoms with Crippen molar-refractivity contribution >= 4 is 11.8 Å². The molecule has 3 heteroatoms. The molecule has 0 aliphatic heterocycles. The van der Waals surface area contributed by atoms with Gasteiger partial charge in [-0.25, -0.2) is 0 Å². The summed E-state index contributed by atoms with van der Waals surface area (Å²) >= 11 is 1.89. The Morgan fingerprint density at radius 1 is 1.50 bits per heavy atom. The van der Waals surface area contributed by atoms with Crippen molar-refractivity contribution in [2.45, 2.75) is 18.2 Å². The molecule has 62 valence electrons. The zero-order valence-corrected chi connectivity index (χ0v) is 7.95. The van der Waals surface area contributed by atoms with Crippen LogP contribution in [-0.2, 0) is 0 Å². The minimum atomic E-state index is 0.642. The minimum Gasteiger partial charge on any atom is -0.330 e. The maximum atomic E-state index is 5.40. The molecule has 0 amide bonds. The molecule has 0 rings (SSSR count). The lowest BCUT2D eigenvalue weighted by atomic mass is 10.3. The van der Waals surface area contributed by atoms with Crippen LogP contribution in [0.5, 0.6) is 0 Å². The van der Waals surface area contributed by atoms with Crippen molar-refractivity contribution in [3.8, 4) is 0 Å². The van der Waals surface area contributed by atoms with Gasteiger partial charge in [-0.15, -0.1) is 11.8 Å². The van der Waals surface area contributed by atoms with Crippen LogP contribution >= 0.6 is 11.8 Å². The number of rotatable bonds is 5. The maximum absolute atomic E-state index is 5.40. The molecule has 0 aliphatic rings. The van der Waals surface area contributed by atoms with Crippen LogP contribution in [0.15, 0.2) is 0 Å². The van der Waals surface area contributed by atoms with Crippen LogP contribution < -0.4 is 5.73 Å². The van der Waals surface area contributed by atoms with Crippen LogP contribution in [0, 0.1) is 0 Å². The second-order valence-corrected chi connectivity index (χ2v) is 3.60. The Labute approximate surface area is 68.2 Å². The van der Waals surface area contributed by atoms with Crippen molar-refractivity contribution in [3.05, 3.63) is 0 Å². The van der Waals surface area contributed by atoms with E-state index in [0.29, 0.717) is 5.37 Å². The summed E-state index contributed by atoms with van der Waals surface area (Å²) in [7, 11) is 4.22. The van der Waals surface area contributed by atoms with Crippen molar-refractivity contribution in [1.29, 1.82) is 0 Å². The van der Waals surface area contributed by atoms with E-state index < -0.39 is 0 Å².